The SMILES string of the molecule is CCCC(C)NC(=O)C1N(CCCCCCO)C(=O)[C@@H]2[C@@H](C(=O)Nc3ccccc3)[C@@]3(C)CCC12S3. The van der Waals surface area contributed by atoms with Gasteiger partial charge in [0, 0.05) is 29.6 Å². The summed E-state index contributed by atoms with van der Waals surface area (Å²) in [5.74, 6) is -1.24. The van der Waals surface area contributed by atoms with Gasteiger partial charge in [0.15, 0.2) is 0 Å². The third kappa shape index (κ3) is 4.91. The summed E-state index contributed by atoms with van der Waals surface area (Å²) < 4.78 is -0.953. The average molecular weight is 516 g/mol. The van der Waals surface area contributed by atoms with E-state index in [0.717, 1.165) is 57.1 Å². The first-order valence-corrected chi connectivity index (χ1v) is 14.4. The standard InChI is InChI=1S/C28H41N3O4S/c1-4-12-19(2)29-25(34)23-28-16-15-27(3,36-28)21(24(33)30-20-13-8-7-9-14-20)22(28)26(35)31(23)17-10-5-6-11-18-32/h7-9,13-14,19,21-23,32H,4-6,10-12,15-18H2,1-3H3,(H,29,34)(H,30,33)/t19?,21-,22-,23?,27+,28?/m0/s1. The number of nitrogens with one attached hydrogen (secondary N) is 2. The molecule has 3 aliphatic rings. The number of thioether (sulfide) groups is 1. The van der Waals surface area contributed by atoms with Crippen molar-refractivity contribution in [3.63, 3.8) is 0 Å². The van der Waals surface area contributed by atoms with E-state index in [1.165, 1.54) is 0 Å². The minimum absolute atomic E-state index is 0.0378. The second-order valence-electron chi connectivity index (χ2n) is 11.0. The van der Waals surface area contributed by atoms with Gasteiger partial charge in [-0.25, -0.2) is 0 Å². The van der Waals surface area contributed by atoms with Crippen LogP contribution in [0.2, 0.25) is 0 Å². The summed E-state index contributed by atoms with van der Waals surface area (Å²) in [6.07, 6.45) is 6.76. The van der Waals surface area contributed by atoms with E-state index in [4.69, 9.17) is 5.11 Å². The molecular formula is C28H41N3O4S. The van der Waals surface area contributed by atoms with Crippen LogP contribution in [0.15, 0.2) is 30.3 Å². The number of rotatable bonds is 12. The van der Waals surface area contributed by atoms with Gasteiger partial charge in [0.05, 0.1) is 16.6 Å². The Kier molecular flexibility index (Phi) is 8.35. The van der Waals surface area contributed by atoms with Crippen LogP contribution in [0, 0.1) is 11.8 Å². The number of aliphatic hydroxyl groups is 1. The molecule has 3 amide bonds. The first-order chi connectivity index (χ1) is 17.3. The normalized spacial score (nSPS) is 31.4. The fraction of sp³-hybridized carbons (Fsp3) is 0.679. The minimum Gasteiger partial charge on any atom is -0.396 e. The topological polar surface area (TPSA) is 98.7 Å². The van der Waals surface area contributed by atoms with Gasteiger partial charge in [-0.1, -0.05) is 44.4 Å². The number of benzene rings is 1. The van der Waals surface area contributed by atoms with E-state index in [1.54, 1.807) is 16.7 Å². The van der Waals surface area contributed by atoms with Crippen molar-refractivity contribution in [2.24, 2.45) is 11.8 Å². The van der Waals surface area contributed by atoms with Crippen molar-refractivity contribution in [3.8, 4) is 0 Å². The van der Waals surface area contributed by atoms with E-state index in [1.807, 2.05) is 37.3 Å². The van der Waals surface area contributed by atoms with Crippen LogP contribution in [0.4, 0.5) is 5.69 Å². The molecule has 3 fully saturated rings. The van der Waals surface area contributed by atoms with Gasteiger partial charge in [-0.2, -0.15) is 0 Å². The van der Waals surface area contributed by atoms with Crippen LogP contribution in [0.5, 0.6) is 0 Å². The molecule has 0 saturated carbocycles. The summed E-state index contributed by atoms with van der Waals surface area (Å²) in [6.45, 7) is 6.89. The highest BCUT2D eigenvalue weighted by Crippen LogP contribution is 2.71. The Bertz CT molecular complexity index is 959. The van der Waals surface area contributed by atoms with E-state index in [-0.39, 0.29) is 35.1 Å². The van der Waals surface area contributed by atoms with Gasteiger partial charge in [-0.15, -0.1) is 11.8 Å². The monoisotopic (exact) mass is 515 g/mol. The molecule has 3 N–H and O–H groups in total. The number of unbranched alkanes of at least 4 members (excludes halogenated alkanes) is 3. The van der Waals surface area contributed by atoms with Crippen LogP contribution in [-0.2, 0) is 14.4 Å². The van der Waals surface area contributed by atoms with Gasteiger partial charge < -0.3 is 20.6 Å². The predicted octanol–water partition coefficient (Wildman–Crippen LogP) is 3.96. The first-order valence-electron chi connectivity index (χ1n) is 13.5. The highest BCUT2D eigenvalue weighted by molar-refractivity contribution is 8.02. The van der Waals surface area contributed by atoms with E-state index < -0.39 is 22.6 Å². The molecule has 1 aromatic carbocycles. The van der Waals surface area contributed by atoms with Gasteiger partial charge in [0.25, 0.3) is 0 Å². The molecule has 1 aromatic rings. The van der Waals surface area contributed by atoms with Crippen LogP contribution in [0.3, 0.4) is 0 Å². The number of likely N-dealkylation sites (tertiary alicyclic amines) is 1. The van der Waals surface area contributed by atoms with Crippen molar-refractivity contribution in [3.05, 3.63) is 30.3 Å². The molecule has 3 aliphatic heterocycles. The van der Waals surface area contributed by atoms with Gasteiger partial charge >= 0.3 is 0 Å². The summed E-state index contributed by atoms with van der Waals surface area (Å²) >= 11 is 1.71. The number of carbonyl (C=O) groups excluding carboxylic acids is 3. The van der Waals surface area contributed by atoms with Crippen molar-refractivity contribution in [1.82, 2.24) is 10.2 Å². The number of fused-ring (bicyclic) bond motifs is 1. The molecule has 0 aliphatic carbocycles. The molecule has 3 heterocycles. The summed E-state index contributed by atoms with van der Waals surface area (Å²) in [6, 6.07) is 8.86. The number of hydrogen-bond donors (Lipinski definition) is 3. The molecule has 2 bridgehead atoms. The summed E-state index contributed by atoms with van der Waals surface area (Å²) in [7, 11) is 0. The molecule has 36 heavy (non-hydrogen) atoms. The van der Waals surface area contributed by atoms with Gasteiger partial charge in [-0.3, -0.25) is 14.4 Å². The van der Waals surface area contributed by atoms with Crippen LogP contribution < -0.4 is 10.6 Å². The summed E-state index contributed by atoms with van der Waals surface area (Å²) in [4.78, 5) is 43.3. The van der Waals surface area contributed by atoms with E-state index in [0.29, 0.717) is 6.54 Å². The smallest absolute Gasteiger partial charge is 0.244 e. The Hall–Kier alpha value is -2.06. The Balaban J connectivity index is 1.62. The van der Waals surface area contributed by atoms with Gasteiger partial charge in [-0.05, 0) is 58.1 Å². The molecule has 7 nitrogen and oxygen atoms in total. The molecule has 4 rings (SSSR count). The Morgan fingerprint density at radius 1 is 1.14 bits per heavy atom. The lowest BCUT2D eigenvalue weighted by molar-refractivity contribution is -0.139. The maximum absolute atomic E-state index is 14.0. The number of hydrogen-bond acceptors (Lipinski definition) is 5. The van der Waals surface area contributed by atoms with E-state index in [9.17, 15) is 14.4 Å². The molecule has 8 heteroatoms. The minimum atomic E-state index is -0.578. The lowest BCUT2D eigenvalue weighted by Gasteiger charge is -2.35. The largest absolute Gasteiger partial charge is 0.396 e. The van der Waals surface area contributed by atoms with E-state index >= 15 is 0 Å². The van der Waals surface area contributed by atoms with Crippen molar-refractivity contribution < 1.29 is 19.5 Å². The fourth-order valence-electron chi connectivity index (χ4n) is 6.68. The Labute approximate surface area is 219 Å². The molecule has 3 unspecified atom stereocenters. The average Bonchev–Trinajstić information content (AvgIpc) is 3.40. The third-order valence-corrected chi connectivity index (χ3v) is 10.3. The highest BCUT2D eigenvalue weighted by Gasteiger charge is 2.77. The third-order valence-electron chi connectivity index (χ3n) is 8.27. The van der Waals surface area contributed by atoms with Crippen molar-refractivity contribution in [1.29, 1.82) is 0 Å². The maximum atomic E-state index is 14.0. The number of carbonyl (C=O) groups is 3. The van der Waals surface area contributed by atoms with Crippen molar-refractivity contribution in [2.75, 3.05) is 18.5 Å². The molecular weight excluding hydrogens is 474 g/mol. The molecule has 3 saturated heterocycles. The van der Waals surface area contributed by atoms with Gasteiger partial charge in [0.2, 0.25) is 17.7 Å². The molecule has 1 spiro atoms. The fourth-order valence-corrected chi connectivity index (χ4v) is 9.04. The zero-order valence-corrected chi connectivity index (χ0v) is 22.6. The second kappa shape index (κ2) is 11.1. The number of amides is 3. The van der Waals surface area contributed by atoms with Crippen molar-refractivity contribution in [2.45, 2.75) is 93.7 Å². The molecule has 0 radical (unpaired) electrons. The van der Waals surface area contributed by atoms with Crippen molar-refractivity contribution >= 4 is 35.2 Å². The quantitative estimate of drug-likeness (QED) is 0.366. The summed E-state index contributed by atoms with van der Waals surface area (Å²) in [5, 5.41) is 15.3. The summed E-state index contributed by atoms with van der Waals surface area (Å²) in [5.41, 5.74) is 0.724. The molecule has 0 aromatic heterocycles. The Morgan fingerprint density at radius 3 is 2.56 bits per heavy atom. The molecule has 6 atom stereocenters. The predicted molar refractivity (Wildman–Crippen MR) is 144 cm³/mol. The van der Waals surface area contributed by atoms with Crippen LogP contribution >= 0.6 is 11.8 Å². The second-order valence-corrected chi connectivity index (χ2v) is 12.8. The van der Waals surface area contributed by atoms with Crippen LogP contribution in [0.25, 0.3) is 0 Å². The van der Waals surface area contributed by atoms with Crippen LogP contribution in [-0.4, -0.2) is 62.5 Å². The van der Waals surface area contributed by atoms with Gasteiger partial charge in [0.1, 0.15) is 6.04 Å². The maximum Gasteiger partial charge on any atom is 0.244 e. The lowest BCUT2D eigenvalue weighted by atomic mass is 9.66. The van der Waals surface area contributed by atoms with Crippen LogP contribution in [0.1, 0.15) is 72.1 Å². The lowest BCUT2D eigenvalue weighted by Crippen LogP contribution is -2.55. The molecule has 198 valence electrons. The number of aliphatic hydroxyl groups excluding tert-OH is 1. The first kappa shape index (κ1) is 27.0. The zero-order valence-electron chi connectivity index (χ0n) is 21.8. The van der Waals surface area contributed by atoms with E-state index in [2.05, 4.69) is 24.5 Å². The number of nitrogens with zero attached hydrogens (tertiary/aromatic N) is 1. The zero-order chi connectivity index (χ0) is 25.9. The highest BCUT2D eigenvalue weighted by atomic mass is 32.2. The number of anilines is 1. The Morgan fingerprint density at radius 2 is 1.86 bits per heavy atom. The number of para-hydroxylation sites is 1.